The summed E-state index contributed by atoms with van der Waals surface area (Å²) in [6.07, 6.45) is 1.33. The Kier molecular flexibility index (Phi) is 2.53. The standard InChI is InChI=1S/C10H8FNO3S/c11-7-3-1-5-9(16(12,13)14)10(7)8-4-2-6-15-8/h1-6H,(H2,12,13,14). The van der Waals surface area contributed by atoms with E-state index in [4.69, 9.17) is 9.56 Å². The summed E-state index contributed by atoms with van der Waals surface area (Å²) >= 11 is 0. The normalized spacial score (nSPS) is 11.6. The van der Waals surface area contributed by atoms with Crippen molar-refractivity contribution in [3.05, 3.63) is 42.4 Å². The maximum Gasteiger partial charge on any atom is 0.238 e. The predicted molar refractivity (Wildman–Crippen MR) is 55.5 cm³/mol. The molecule has 0 saturated carbocycles. The summed E-state index contributed by atoms with van der Waals surface area (Å²) in [5.41, 5.74) is -0.144. The average molecular weight is 241 g/mol. The zero-order valence-electron chi connectivity index (χ0n) is 8.05. The fourth-order valence-electron chi connectivity index (χ4n) is 1.40. The molecule has 0 amide bonds. The summed E-state index contributed by atoms with van der Waals surface area (Å²) in [5, 5.41) is 5.00. The van der Waals surface area contributed by atoms with E-state index in [2.05, 4.69) is 0 Å². The van der Waals surface area contributed by atoms with Crippen LogP contribution in [0.4, 0.5) is 4.39 Å². The van der Waals surface area contributed by atoms with Crippen LogP contribution in [0.2, 0.25) is 0 Å². The molecule has 2 aromatic rings. The van der Waals surface area contributed by atoms with Gasteiger partial charge in [-0.05, 0) is 24.3 Å². The Labute approximate surface area is 91.5 Å². The second kappa shape index (κ2) is 3.73. The number of nitrogens with two attached hydrogens (primary N) is 1. The molecule has 0 saturated heterocycles. The van der Waals surface area contributed by atoms with Crippen LogP contribution in [0.25, 0.3) is 11.3 Å². The Bertz CT molecular complexity index is 605. The van der Waals surface area contributed by atoms with Gasteiger partial charge in [0.05, 0.1) is 16.7 Å². The van der Waals surface area contributed by atoms with Crippen molar-refractivity contribution in [2.75, 3.05) is 0 Å². The molecule has 1 aromatic carbocycles. The first-order valence-electron chi connectivity index (χ1n) is 4.35. The fraction of sp³-hybridized carbons (Fsp3) is 0. The molecule has 16 heavy (non-hydrogen) atoms. The number of benzene rings is 1. The van der Waals surface area contributed by atoms with E-state index in [1.165, 1.54) is 30.5 Å². The largest absolute Gasteiger partial charge is 0.464 e. The molecule has 2 rings (SSSR count). The highest BCUT2D eigenvalue weighted by atomic mass is 32.2. The van der Waals surface area contributed by atoms with E-state index in [-0.39, 0.29) is 16.2 Å². The van der Waals surface area contributed by atoms with Crippen LogP contribution in [0.1, 0.15) is 0 Å². The zero-order valence-corrected chi connectivity index (χ0v) is 8.87. The Balaban J connectivity index is 2.78. The Morgan fingerprint density at radius 2 is 1.94 bits per heavy atom. The highest BCUT2D eigenvalue weighted by Crippen LogP contribution is 2.29. The van der Waals surface area contributed by atoms with Gasteiger partial charge in [0.2, 0.25) is 10.0 Å². The highest BCUT2D eigenvalue weighted by molar-refractivity contribution is 7.89. The minimum absolute atomic E-state index is 0.127. The number of rotatable bonds is 2. The van der Waals surface area contributed by atoms with Crippen LogP contribution >= 0.6 is 0 Å². The SMILES string of the molecule is NS(=O)(=O)c1cccc(F)c1-c1ccco1. The van der Waals surface area contributed by atoms with Crippen molar-refractivity contribution in [1.29, 1.82) is 0 Å². The maximum absolute atomic E-state index is 13.6. The first-order chi connectivity index (χ1) is 7.50. The van der Waals surface area contributed by atoms with Crippen LogP contribution in [0.5, 0.6) is 0 Å². The summed E-state index contributed by atoms with van der Waals surface area (Å²) in [6.45, 7) is 0. The quantitative estimate of drug-likeness (QED) is 0.870. The lowest BCUT2D eigenvalue weighted by Crippen LogP contribution is -2.13. The second-order valence-corrected chi connectivity index (χ2v) is 4.67. The van der Waals surface area contributed by atoms with Gasteiger partial charge in [-0.2, -0.15) is 0 Å². The van der Waals surface area contributed by atoms with Crippen LogP contribution in [-0.2, 0) is 10.0 Å². The number of hydrogen-bond donors (Lipinski definition) is 1. The molecule has 0 fully saturated rings. The maximum atomic E-state index is 13.6. The van der Waals surface area contributed by atoms with E-state index >= 15 is 0 Å². The van der Waals surface area contributed by atoms with Gasteiger partial charge in [0.1, 0.15) is 11.6 Å². The molecule has 1 heterocycles. The monoisotopic (exact) mass is 241 g/mol. The van der Waals surface area contributed by atoms with Gasteiger partial charge < -0.3 is 4.42 Å². The number of halogens is 1. The van der Waals surface area contributed by atoms with Gasteiger partial charge in [-0.15, -0.1) is 0 Å². The van der Waals surface area contributed by atoms with Gasteiger partial charge in [0.15, 0.2) is 0 Å². The second-order valence-electron chi connectivity index (χ2n) is 3.14. The molecule has 6 heteroatoms. The zero-order chi connectivity index (χ0) is 11.8. The number of primary sulfonamides is 1. The minimum atomic E-state index is -3.98. The minimum Gasteiger partial charge on any atom is -0.464 e. The van der Waals surface area contributed by atoms with Crippen molar-refractivity contribution < 1.29 is 17.2 Å². The average Bonchev–Trinajstić information content (AvgIpc) is 2.68. The van der Waals surface area contributed by atoms with E-state index in [0.29, 0.717) is 0 Å². The fourth-order valence-corrected chi connectivity index (χ4v) is 2.15. The molecule has 0 aliphatic rings. The Hall–Kier alpha value is -1.66. The van der Waals surface area contributed by atoms with E-state index in [1.54, 1.807) is 0 Å². The van der Waals surface area contributed by atoms with Crippen molar-refractivity contribution in [1.82, 2.24) is 0 Å². The molecule has 0 spiro atoms. The molecule has 1 aromatic heterocycles. The lowest BCUT2D eigenvalue weighted by atomic mass is 10.1. The van der Waals surface area contributed by atoms with Gasteiger partial charge >= 0.3 is 0 Å². The molecule has 0 radical (unpaired) electrons. The van der Waals surface area contributed by atoms with Crippen molar-refractivity contribution in [2.45, 2.75) is 4.90 Å². The molecule has 84 valence electrons. The summed E-state index contributed by atoms with van der Waals surface area (Å²) in [7, 11) is -3.98. The van der Waals surface area contributed by atoms with Crippen molar-refractivity contribution in [3.8, 4) is 11.3 Å². The van der Waals surface area contributed by atoms with Gasteiger partial charge in [-0.25, -0.2) is 17.9 Å². The Morgan fingerprint density at radius 3 is 2.50 bits per heavy atom. The van der Waals surface area contributed by atoms with Crippen LogP contribution in [0.15, 0.2) is 45.9 Å². The topological polar surface area (TPSA) is 73.3 Å². The van der Waals surface area contributed by atoms with Gasteiger partial charge in [0.25, 0.3) is 0 Å². The number of sulfonamides is 1. The summed E-state index contributed by atoms with van der Waals surface area (Å²) < 4.78 is 41.1. The van der Waals surface area contributed by atoms with Gasteiger partial charge in [0, 0.05) is 0 Å². The molecule has 0 aliphatic carbocycles. The molecule has 0 aliphatic heterocycles. The Morgan fingerprint density at radius 1 is 1.19 bits per heavy atom. The van der Waals surface area contributed by atoms with Crippen LogP contribution < -0.4 is 5.14 Å². The lowest BCUT2D eigenvalue weighted by Gasteiger charge is -2.05. The molecular formula is C10H8FNO3S. The number of furan rings is 1. The van der Waals surface area contributed by atoms with Crippen molar-refractivity contribution in [3.63, 3.8) is 0 Å². The molecule has 4 nitrogen and oxygen atoms in total. The van der Waals surface area contributed by atoms with Gasteiger partial charge in [-0.1, -0.05) is 6.07 Å². The molecule has 0 unspecified atom stereocenters. The first-order valence-corrected chi connectivity index (χ1v) is 5.90. The first kappa shape index (κ1) is 10.8. The molecular weight excluding hydrogens is 233 g/mol. The lowest BCUT2D eigenvalue weighted by molar-refractivity contribution is 0.562. The van der Waals surface area contributed by atoms with Crippen molar-refractivity contribution in [2.24, 2.45) is 5.14 Å². The van der Waals surface area contributed by atoms with E-state index in [0.717, 1.165) is 6.07 Å². The van der Waals surface area contributed by atoms with E-state index in [9.17, 15) is 12.8 Å². The third-order valence-corrected chi connectivity index (χ3v) is 3.00. The third kappa shape index (κ3) is 1.84. The highest BCUT2D eigenvalue weighted by Gasteiger charge is 2.20. The third-order valence-electron chi connectivity index (χ3n) is 2.05. The molecule has 0 atom stereocenters. The van der Waals surface area contributed by atoms with Crippen molar-refractivity contribution >= 4 is 10.0 Å². The van der Waals surface area contributed by atoms with Crippen LogP contribution in [0, 0.1) is 5.82 Å². The molecule has 2 N–H and O–H groups in total. The summed E-state index contributed by atoms with van der Waals surface area (Å²) in [6, 6.07) is 6.66. The van der Waals surface area contributed by atoms with Gasteiger partial charge in [-0.3, -0.25) is 0 Å². The summed E-state index contributed by atoms with van der Waals surface area (Å²) in [5.74, 6) is -0.566. The van der Waals surface area contributed by atoms with E-state index < -0.39 is 15.8 Å². The number of hydrogen-bond acceptors (Lipinski definition) is 3. The smallest absolute Gasteiger partial charge is 0.238 e. The van der Waals surface area contributed by atoms with Crippen LogP contribution in [-0.4, -0.2) is 8.42 Å². The van der Waals surface area contributed by atoms with E-state index in [1.807, 2.05) is 0 Å². The van der Waals surface area contributed by atoms with Crippen LogP contribution in [0.3, 0.4) is 0 Å². The summed E-state index contributed by atoms with van der Waals surface area (Å²) in [4.78, 5) is -0.289. The predicted octanol–water partition coefficient (Wildman–Crippen LogP) is 1.73. The molecule has 0 bridgehead atoms.